The van der Waals surface area contributed by atoms with E-state index in [0.717, 1.165) is 37.1 Å². The van der Waals surface area contributed by atoms with Gasteiger partial charge in [-0.05, 0) is 50.9 Å². The van der Waals surface area contributed by atoms with Crippen LogP contribution in [0.25, 0.3) is 0 Å². The van der Waals surface area contributed by atoms with E-state index in [-0.39, 0.29) is 12.4 Å². The quantitative estimate of drug-likeness (QED) is 0.880. The van der Waals surface area contributed by atoms with E-state index in [1.165, 1.54) is 0 Å². The van der Waals surface area contributed by atoms with E-state index in [1.807, 2.05) is 7.05 Å². The molecule has 116 valence electrons. The third-order valence-electron chi connectivity index (χ3n) is 3.52. The molecule has 1 aliphatic heterocycles. The van der Waals surface area contributed by atoms with Crippen molar-refractivity contribution in [3.05, 3.63) is 16.5 Å². The molecule has 0 amide bonds. The van der Waals surface area contributed by atoms with Crippen LogP contribution in [-0.4, -0.2) is 39.4 Å². The molecule has 1 fully saturated rings. The molecule has 1 aliphatic rings. The van der Waals surface area contributed by atoms with Gasteiger partial charge in [-0.1, -0.05) is 11.6 Å². The summed E-state index contributed by atoms with van der Waals surface area (Å²) in [4.78, 5) is 0. The molecule has 0 unspecified atom stereocenters. The van der Waals surface area contributed by atoms with E-state index in [9.17, 15) is 8.42 Å². The van der Waals surface area contributed by atoms with Gasteiger partial charge in [0, 0.05) is 13.1 Å². The smallest absolute Gasteiger partial charge is 0.252 e. The van der Waals surface area contributed by atoms with E-state index in [2.05, 4.69) is 5.32 Å². The van der Waals surface area contributed by atoms with E-state index >= 15 is 0 Å². The number of nitrogens with one attached hydrogen (secondary N) is 1. The zero-order chi connectivity index (χ0) is 13.9. The summed E-state index contributed by atoms with van der Waals surface area (Å²) in [6.07, 6.45) is 3.01. The second-order valence-electron chi connectivity index (χ2n) is 4.80. The lowest BCUT2D eigenvalue weighted by Gasteiger charge is -2.30. The fourth-order valence-corrected chi connectivity index (χ4v) is 5.46. The molecule has 0 bridgehead atoms. The highest BCUT2D eigenvalue weighted by atomic mass is 35.5. The molecule has 1 aromatic rings. The van der Waals surface area contributed by atoms with Crippen molar-refractivity contribution in [1.29, 1.82) is 0 Å². The second-order valence-corrected chi connectivity index (χ2v) is 8.68. The molecule has 1 aromatic heterocycles. The molecule has 1 saturated heterocycles. The summed E-state index contributed by atoms with van der Waals surface area (Å²) in [7, 11) is -1.39. The molecule has 8 heteroatoms. The highest BCUT2D eigenvalue weighted by Crippen LogP contribution is 2.30. The summed E-state index contributed by atoms with van der Waals surface area (Å²) in [6, 6.07) is 3.23. The van der Waals surface area contributed by atoms with Crippen molar-refractivity contribution >= 4 is 45.4 Å². The number of nitrogens with zero attached hydrogens (tertiary/aromatic N) is 1. The van der Waals surface area contributed by atoms with Crippen molar-refractivity contribution in [2.24, 2.45) is 5.92 Å². The number of hydrogen-bond acceptors (Lipinski definition) is 4. The summed E-state index contributed by atoms with van der Waals surface area (Å²) < 4.78 is 27.2. The average Bonchev–Trinajstić information content (AvgIpc) is 2.84. The first-order valence-electron chi connectivity index (χ1n) is 6.44. The molecule has 0 radical (unpaired) electrons. The predicted molar refractivity (Wildman–Crippen MR) is 86.6 cm³/mol. The Labute approximate surface area is 136 Å². The van der Waals surface area contributed by atoms with Crippen molar-refractivity contribution in [3.63, 3.8) is 0 Å². The van der Waals surface area contributed by atoms with Crippen molar-refractivity contribution in [1.82, 2.24) is 9.62 Å². The molecule has 0 aromatic carbocycles. The van der Waals surface area contributed by atoms with Gasteiger partial charge in [0.05, 0.1) is 4.34 Å². The number of hydrogen-bond donors (Lipinski definition) is 1. The van der Waals surface area contributed by atoms with Crippen LogP contribution in [0.2, 0.25) is 4.34 Å². The predicted octanol–water partition coefficient (Wildman–Crippen LogP) is 2.83. The van der Waals surface area contributed by atoms with Crippen molar-refractivity contribution < 1.29 is 8.42 Å². The van der Waals surface area contributed by atoms with Crippen molar-refractivity contribution in [2.45, 2.75) is 23.5 Å². The normalized spacial score (nSPS) is 17.9. The number of halogens is 2. The number of rotatable bonds is 5. The van der Waals surface area contributed by atoms with Crippen LogP contribution in [-0.2, 0) is 10.0 Å². The van der Waals surface area contributed by atoms with Gasteiger partial charge in [-0.25, -0.2) is 8.42 Å². The fourth-order valence-electron chi connectivity index (χ4n) is 2.35. The Kier molecular flexibility index (Phi) is 7.24. The van der Waals surface area contributed by atoms with Gasteiger partial charge in [0.2, 0.25) is 0 Å². The number of sulfonamides is 1. The number of thiophene rings is 1. The summed E-state index contributed by atoms with van der Waals surface area (Å²) in [5.74, 6) is 0.630. The van der Waals surface area contributed by atoms with Gasteiger partial charge in [0.15, 0.2) is 0 Å². The molecule has 0 spiro atoms. The third kappa shape index (κ3) is 4.32. The Bertz CT molecular complexity index is 511. The maximum Gasteiger partial charge on any atom is 0.252 e. The third-order valence-corrected chi connectivity index (χ3v) is 7.12. The van der Waals surface area contributed by atoms with E-state index in [4.69, 9.17) is 11.6 Å². The molecule has 4 nitrogen and oxygen atoms in total. The van der Waals surface area contributed by atoms with Crippen LogP contribution in [0.4, 0.5) is 0 Å². The molecular weight excluding hydrogens is 339 g/mol. The summed E-state index contributed by atoms with van der Waals surface area (Å²) in [5, 5.41) is 3.14. The lowest BCUT2D eigenvalue weighted by atomic mass is 9.95. The lowest BCUT2D eigenvalue weighted by Crippen LogP contribution is -2.38. The molecule has 20 heavy (non-hydrogen) atoms. The van der Waals surface area contributed by atoms with Crippen molar-refractivity contribution in [2.75, 3.05) is 26.7 Å². The zero-order valence-electron chi connectivity index (χ0n) is 11.3. The minimum Gasteiger partial charge on any atom is -0.320 e. The highest BCUT2D eigenvalue weighted by Gasteiger charge is 2.30. The SMILES string of the molecule is CNCCC1CCN(S(=O)(=O)c2ccc(Cl)s2)CC1.Cl. The van der Waals surface area contributed by atoms with Crippen LogP contribution in [0, 0.1) is 5.92 Å². The van der Waals surface area contributed by atoms with E-state index in [0.29, 0.717) is 27.6 Å². The first kappa shape index (κ1) is 18.2. The van der Waals surface area contributed by atoms with Crippen LogP contribution < -0.4 is 5.32 Å². The van der Waals surface area contributed by atoms with Crippen LogP contribution >= 0.6 is 35.3 Å². The molecule has 2 heterocycles. The Hall–Kier alpha value is 0.150. The van der Waals surface area contributed by atoms with Crippen LogP contribution in [0.5, 0.6) is 0 Å². The standard InChI is InChI=1S/C12H19ClN2O2S2.ClH/c1-14-7-4-10-5-8-15(9-6-10)19(16,17)12-3-2-11(13)18-12;/h2-3,10,14H,4-9H2,1H3;1H. The highest BCUT2D eigenvalue weighted by molar-refractivity contribution is 7.91. The maximum absolute atomic E-state index is 12.4. The lowest BCUT2D eigenvalue weighted by molar-refractivity contribution is 0.263. The monoisotopic (exact) mass is 358 g/mol. The maximum atomic E-state index is 12.4. The van der Waals surface area contributed by atoms with Gasteiger partial charge in [-0.2, -0.15) is 4.31 Å². The van der Waals surface area contributed by atoms with Crippen molar-refractivity contribution in [3.8, 4) is 0 Å². The van der Waals surface area contributed by atoms with Gasteiger partial charge in [-0.15, -0.1) is 23.7 Å². The fraction of sp³-hybridized carbons (Fsp3) is 0.667. The Balaban J connectivity index is 0.00000200. The van der Waals surface area contributed by atoms with Gasteiger partial charge >= 0.3 is 0 Å². The Morgan fingerprint density at radius 1 is 1.40 bits per heavy atom. The summed E-state index contributed by atoms with van der Waals surface area (Å²) in [5.41, 5.74) is 0. The summed E-state index contributed by atoms with van der Waals surface area (Å²) >= 11 is 6.94. The van der Waals surface area contributed by atoms with E-state index in [1.54, 1.807) is 16.4 Å². The Morgan fingerprint density at radius 3 is 2.55 bits per heavy atom. The van der Waals surface area contributed by atoms with Crippen LogP contribution in [0.15, 0.2) is 16.3 Å². The Morgan fingerprint density at radius 2 is 2.05 bits per heavy atom. The largest absolute Gasteiger partial charge is 0.320 e. The average molecular weight is 359 g/mol. The first-order valence-corrected chi connectivity index (χ1v) is 9.07. The van der Waals surface area contributed by atoms with Gasteiger partial charge in [-0.3, -0.25) is 0 Å². The molecular formula is C12H20Cl2N2O2S2. The summed E-state index contributed by atoms with van der Waals surface area (Å²) in [6.45, 7) is 2.23. The number of piperidine rings is 1. The second kappa shape index (κ2) is 7.96. The van der Waals surface area contributed by atoms with Gasteiger partial charge in [0.25, 0.3) is 10.0 Å². The molecule has 0 saturated carbocycles. The van der Waals surface area contributed by atoms with Crippen LogP contribution in [0.1, 0.15) is 19.3 Å². The topological polar surface area (TPSA) is 49.4 Å². The molecule has 2 rings (SSSR count). The molecule has 0 aliphatic carbocycles. The van der Waals surface area contributed by atoms with Gasteiger partial charge in [0.1, 0.15) is 4.21 Å². The van der Waals surface area contributed by atoms with E-state index < -0.39 is 10.0 Å². The van der Waals surface area contributed by atoms with Crippen LogP contribution in [0.3, 0.4) is 0 Å². The molecule has 0 atom stereocenters. The first-order chi connectivity index (χ1) is 9.04. The molecule has 1 N–H and O–H groups in total. The minimum absolute atomic E-state index is 0. The minimum atomic E-state index is -3.33. The zero-order valence-corrected chi connectivity index (χ0v) is 14.5. The van der Waals surface area contributed by atoms with Gasteiger partial charge < -0.3 is 5.32 Å².